The first-order valence-corrected chi connectivity index (χ1v) is 10.6. The Kier molecular flexibility index (Phi) is 4.09. The fourth-order valence-electron chi connectivity index (χ4n) is 3.27. The van der Waals surface area contributed by atoms with Crippen molar-refractivity contribution in [1.29, 1.82) is 0 Å². The molecule has 0 aliphatic heterocycles. The van der Waals surface area contributed by atoms with Crippen LogP contribution in [0, 0.1) is 11.7 Å². The molecule has 1 aliphatic rings. The standard InChI is InChI=1S/C19H14F2N4OS2/c1-27-17-13(21)5-9(11-7-22-25-16(11)17)8-2-3-14-15(4-8)28-19(23-14)24-18(26)10-6-12(10)20/h2-5,7,10,12H,6H2,1H3,(H,22,25)(H,23,24,26)/t10-,12+/m1/s1. The second-order valence-electron chi connectivity index (χ2n) is 6.65. The molecule has 5 nitrogen and oxygen atoms in total. The molecule has 0 radical (unpaired) electrons. The van der Waals surface area contributed by atoms with E-state index in [1.165, 1.54) is 29.2 Å². The van der Waals surface area contributed by atoms with Crippen LogP contribution < -0.4 is 5.32 Å². The largest absolute Gasteiger partial charge is 0.302 e. The highest BCUT2D eigenvalue weighted by Gasteiger charge is 2.43. The lowest BCUT2D eigenvalue weighted by Crippen LogP contribution is -2.14. The molecular formula is C19H14F2N4OS2. The number of carbonyl (C=O) groups is 1. The number of halogens is 2. The predicted molar refractivity (Wildman–Crippen MR) is 108 cm³/mol. The van der Waals surface area contributed by atoms with Crippen LogP contribution in [0.15, 0.2) is 35.4 Å². The van der Waals surface area contributed by atoms with Crippen LogP contribution in [0.25, 0.3) is 32.2 Å². The van der Waals surface area contributed by atoms with E-state index in [0.717, 1.165) is 26.7 Å². The van der Waals surface area contributed by atoms with Gasteiger partial charge in [-0.2, -0.15) is 5.10 Å². The third-order valence-corrected chi connectivity index (χ3v) is 6.57. The number of aromatic nitrogens is 3. The highest BCUT2D eigenvalue weighted by Crippen LogP contribution is 2.38. The molecule has 2 aromatic heterocycles. The Morgan fingerprint density at radius 1 is 1.39 bits per heavy atom. The Morgan fingerprint density at radius 3 is 2.96 bits per heavy atom. The highest BCUT2D eigenvalue weighted by atomic mass is 32.2. The van der Waals surface area contributed by atoms with Gasteiger partial charge in [-0.05, 0) is 42.0 Å². The van der Waals surface area contributed by atoms with Crippen LogP contribution in [0.4, 0.5) is 13.9 Å². The van der Waals surface area contributed by atoms with Gasteiger partial charge in [0.2, 0.25) is 5.91 Å². The van der Waals surface area contributed by atoms with E-state index < -0.39 is 12.1 Å². The van der Waals surface area contributed by atoms with E-state index in [1.54, 1.807) is 6.20 Å². The zero-order valence-corrected chi connectivity index (χ0v) is 16.3. The smallest absolute Gasteiger partial charge is 0.232 e. The minimum absolute atomic E-state index is 0.277. The van der Waals surface area contributed by atoms with E-state index in [9.17, 15) is 13.6 Å². The van der Waals surface area contributed by atoms with Gasteiger partial charge in [-0.15, -0.1) is 11.8 Å². The minimum Gasteiger partial charge on any atom is -0.302 e. The number of nitrogens with zero attached hydrogens (tertiary/aromatic N) is 2. The van der Waals surface area contributed by atoms with E-state index in [-0.39, 0.29) is 18.1 Å². The van der Waals surface area contributed by atoms with Crippen molar-refractivity contribution in [2.24, 2.45) is 5.92 Å². The van der Waals surface area contributed by atoms with Crippen molar-refractivity contribution in [2.45, 2.75) is 17.5 Å². The quantitative estimate of drug-likeness (QED) is 0.460. The Hall–Kier alpha value is -2.52. The second-order valence-corrected chi connectivity index (χ2v) is 8.49. The van der Waals surface area contributed by atoms with Crippen LogP contribution in [-0.2, 0) is 4.79 Å². The highest BCUT2D eigenvalue weighted by molar-refractivity contribution is 7.98. The number of hydrogen-bond donors (Lipinski definition) is 2. The first-order valence-electron chi connectivity index (χ1n) is 8.60. The average Bonchev–Trinajstić information content (AvgIpc) is 3.06. The first kappa shape index (κ1) is 17.6. The topological polar surface area (TPSA) is 70.7 Å². The van der Waals surface area contributed by atoms with Gasteiger partial charge in [-0.3, -0.25) is 9.89 Å². The average molecular weight is 416 g/mol. The Morgan fingerprint density at radius 2 is 2.21 bits per heavy atom. The number of hydrogen-bond acceptors (Lipinski definition) is 5. The molecule has 1 saturated carbocycles. The zero-order chi connectivity index (χ0) is 19.4. The summed E-state index contributed by atoms with van der Waals surface area (Å²) in [6.45, 7) is 0. The molecule has 28 heavy (non-hydrogen) atoms. The van der Waals surface area contributed by atoms with Crippen LogP contribution in [0.5, 0.6) is 0 Å². The number of fused-ring (bicyclic) bond motifs is 2. The normalized spacial score (nSPS) is 18.7. The lowest BCUT2D eigenvalue weighted by Gasteiger charge is -2.08. The fourth-order valence-corrected chi connectivity index (χ4v) is 4.79. The molecule has 142 valence electrons. The third-order valence-electron chi connectivity index (χ3n) is 4.83. The van der Waals surface area contributed by atoms with Crippen molar-refractivity contribution >= 4 is 55.3 Å². The van der Waals surface area contributed by atoms with E-state index in [0.29, 0.717) is 15.5 Å². The minimum atomic E-state index is -1.04. The Labute approximate surface area is 166 Å². The molecule has 1 aliphatic carbocycles. The molecule has 0 unspecified atom stereocenters. The molecule has 0 bridgehead atoms. The van der Waals surface area contributed by atoms with Crippen LogP contribution in [0.1, 0.15) is 6.42 Å². The van der Waals surface area contributed by atoms with Crippen molar-refractivity contribution in [3.05, 3.63) is 36.3 Å². The SMILES string of the molecule is CSc1c(F)cc(-c2ccc3nc(NC(=O)[C@@H]4C[C@@H]4F)sc3c2)c2cn[nH]c12. The van der Waals surface area contributed by atoms with Gasteiger partial charge in [-0.1, -0.05) is 17.4 Å². The summed E-state index contributed by atoms with van der Waals surface area (Å²) in [6, 6.07) is 7.13. The Bertz CT molecular complexity index is 1240. The predicted octanol–water partition coefficient (Wildman–Crippen LogP) is 5.00. The summed E-state index contributed by atoms with van der Waals surface area (Å²) in [4.78, 5) is 16.8. The number of anilines is 1. The molecule has 1 amide bonds. The van der Waals surface area contributed by atoms with Crippen LogP contribution in [0.3, 0.4) is 0 Å². The van der Waals surface area contributed by atoms with Gasteiger partial charge < -0.3 is 5.32 Å². The summed E-state index contributed by atoms with van der Waals surface area (Å²) in [5.74, 6) is -1.20. The second kappa shape index (κ2) is 6.52. The molecule has 9 heteroatoms. The number of thioether (sulfide) groups is 1. The van der Waals surface area contributed by atoms with Crippen LogP contribution in [0.2, 0.25) is 0 Å². The lowest BCUT2D eigenvalue weighted by atomic mass is 10.0. The van der Waals surface area contributed by atoms with Gasteiger partial charge in [0.05, 0.1) is 32.7 Å². The molecule has 0 spiro atoms. The maximum Gasteiger partial charge on any atom is 0.232 e. The van der Waals surface area contributed by atoms with Crippen molar-refractivity contribution in [2.75, 3.05) is 11.6 Å². The van der Waals surface area contributed by atoms with E-state index >= 15 is 0 Å². The fraction of sp³-hybridized carbons (Fsp3) is 0.211. The summed E-state index contributed by atoms with van der Waals surface area (Å²) >= 11 is 2.64. The molecular weight excluding hydrogens is 402 g/mol. The number of alkyl halides is 1. The molecule has 2 heterocycles. The number of rotatable bonds is 4. The summed E-state index contributed by atoms with van der Waals surface area (Å²) in [7, 11) is 0. The molecule has 2 N–H and O–H groups in total. The number of thiazole rings is 1. The summed E-state index contributed by atoms with van der Waals surface area (Å²) < 4.78 is 28.5. The molecule has 2 aromatic carbocycles. The monoisotopic (exact) mass is 416 g/mol. The number of nitrogens with one attached hydrogen (secondary N) is 2. The van der Waals surface area contributed by atoms with Crippen LogP contribution in [-0.4, -0.2) is 33.5 Å². The van der Waals surface area contributed by atoms with E-state index in [1.807, 2.05) is 24.5 Å². The number of amides is 1. The summed E-state index contributed by atoms with van der Waals surface area (Å²) in [5, 5.41) is 10.9. The lowest BCUT2D eigenvalue weighted by molar-refractivity contribution is -0.117. The maximum absolute atomic E-state index is 14.6. The van der Waals surface area contributed by atoms with Gasteiger partial charge in [0.15, 0.2) is 5.13 Å². The first-order chi connectivity index (χ1) is 13.5. The number of carbonyl (C=O) groups excluding carboxylic acids is 1. The van der Waals surface area contributed by atoms with Crippen molar-refractivity contribution in [3.8, 4) is 11.1 Å². The molecule has 2 atom stereocenters. The Balaban J connectivity index is 1.54. The van der Waals surface area contributed by atoms with Gasteiger partial charge in [-0.25, -0.2) is 13.8 Å². The molecule has 4 aromatic rings. The molecule has 0 saturated heterocycles. The third kappa shape index (κ3) is 2.85. The number of H-pyrrole nitrogens is 1. The van der Waals surface area contributed by atoms with Crippen molar-refractivity contribution in [1.82, 2.24) is 15.2 Å². The summed E-state index contributed by atoms with van der Waals surface area (Å²) in [6.07, 6.45) is 2.75. The molecule has 5 rings (SSSR count). The maximum atomic E-state index is 14.6. The van der Waals surface area contributed by atoms with E-state index in [2.05, 4.69) is 20.5 Å². The van der Waals surface area contributed by atoms with Crippen LogP contribution >= 0.6 is 23.1 Å². The van der Waals surface area contributed by atoms with Crippen molar-refractivity contribution < 1.29 is 13.6 Å². The number of aromatic amines is 1. The number of benzene rings is 2. The molecule has 1 fully saturated rings. The van der Waals surface area contributed by atoms with Gasteiger partial charge in [0, 0.05) is 5.39 Å². The van der Waals surface area contributed by atoms with Gasteiger partial charge >= 0.3 is 0 Å². The van der Waals surface area contributed by atoms with Crippen molar-refractivity contribution in [3.63, 3.8) is 0 Å². The zero-order valence-electron chi connectivity index (χ0n) is 14.6. The summed E-state index contributed by atoms with van der Waals surface area (Å²) in [5.41, 5.74) is 2.96. The van der Waals surface area contributed by atoms with E-state index in [4.69, 9.17) is 0 Å². The van der Waals surface area contributed by atoms with Gasteiger partial charge in [0.25, 0.3) is 0 Å². The van der Waals surface area contributed by atoms with Gasteiger partial charge in [0.1, 0.15) is 12.0 Å².